The number of rotatable bonds is 3. The van der Waals surface area contributed by atoms with Crippen molar-refractivity contribution in [3.05, 3.63) is 76.3 Å². The number of hydrogen-bond donors (Lipinski definition) is 0. The van der Waals surface area contributed by atoms with E-state index in [0.717, 1.165) is 15.1 Å². The predicted octanol–water partition coefficient (Wildman–Crippen LogP) is 5.83. The van der Waals surface area contributed by atoms with E-state index in [4.69, 9.17) is 11.6 Å². The Hall–Kier alpha value is -1.05. The second kappa shape index (κ2) is 6.21. The van der Waals surface area contributed by atoms with Gasteiger partial charge in [0, 0.05) is 15.4 Å². The first kappa shape index (κ1) is 13.4. The maximum absolute atomic E-state index is 6.33. The zero-order valence-electron chi connectivity index (χ0n) is 10.1. The summed E-state index contributed by atoms with van der Waals surface area (Å²) in [6.07, 6.45) is 2.08. The van der Waals surface area contributed by atoms with Crippen LogP contribution in [-0.4, -0.2) is 0 Å². The summed E-state index contributed by atoms with van der Waals surface area (Å²) < 4.78 is 1.09. The highest BCUT2D eigenvalue weighted by Gasteiger charge is 2.04. The lowest BCUT2D eigenvalue weighted by Gasteiger charge is -2.08. The molecule has 1 atom stereocenters. The van der Waals surface area contributed by atoms with Gasteiger partial charge in [0.1, 0.15) is 0 Å². The van der Waals surface area contributed by atoms with Crippen LogP contribution in [0.2, 0.25) is 0 Å². The molecular formula is C16H14BrCl. The standard InChI is InChI=1S/C16H14BrCl/c1-12(13-7-9-15(17)10-8-13)11-16(18)14-5-3-2-4-6-14/h2-12H,1H3. The van der Waals surface area contributed by atoms with Gasteiger partial charge < -0.3 is 0 Å². The Kier molecular flexibility index (Phi) is 4.62. The van der Waals surface area contributed by atoms with E-state index in [0.29, 0.717) is 5.92 Å². The fourth-order valence-electron chi connectivity index (χ4n) is 1.78. The minimum Gasteiger partial charge on any atom is -0.0840 e. The predicted molar refractivity (Wildman–Crippen MR) is 82.8 cm³/mol. The Morgan fingerprint density at radius 2 is 1.67 bits per heavy atom. The van der Waals surface area contributed by atoms with Gasteiger partial charge in [-0.1, -0.05) is 83.0 Å². The van der Waals surface area contributed by atoms with E-state index in [9.17, 15) is 0 Å². The molecule has 0 amide bonds. The summed E-state index contributed by atoms with van der Waals surface area (Å²) in [6, 6.07) is 18.4. The van der Waals surface area contributed by atoms with Crippen LogP contribution in [0, 0.1) is 0 Å². The van der Waals surface area contributed by atoms with Gasteiger partial charge >= 0.3 is 0 Å². The largest absolute Gasteiger partial charge is 0.0840 e. The quantitative estimate of drug-likeness (QED) is 0.667. The molecule has 2 heteroatoms. The normalized spacial score (nSPS) is 13.4. The maximum atomic E-state index is 6.33. The lowest BCUT2D eigenvalue weighted by Crippen LogP contribution is -1.89. The molecule has 0 aromatic heterocycles. The first-order valence-electron chi connectivity index (χ1n) is 5.85. The van der Waals surface area contributed by atoms with Crippen molar-refractivity contribution in [3.63, 3.8) is 0 Å². The molecular weight excluding hydrogens is 308 g/mol. The van der Waals surface area contributed by atoms with Crippen LogP contribution in [-0.2, 0) is 0 Å². The van der Waals surface area contributed by atoms with Crippen LogP contribution >= 0.6 is 27.5 Å². The molecule has 0 aliphatic rings. The van der Waals surface area contributed by atoms with Gasteiger partial charge in [-0.2, -0.15) is 0 Å². The molecule has 1 unspecified atom stereocenters. The fourth-order valence-corrected chi connectivity index (χ4v) is 2.35. The zero-order chi connectivity index (χ0) is 13.0. The minimum atomic E-state index is 0.297. The minimum absolute atomic E-state index is 0.297. The summed E-state index contributed by atoms with van der Waals surface area (Å²) >= 11 is 9.77. The summed E-state index contributed by atoms with van der Waals surface area (Å²) in [5, 5.41) is 0.797. The highest BCUT2D eigenvalue weighted by Crippen LogP contribution is 2.26. The summed E-state index contributed by atoms with van der Waals surface area (Å²) in [6.45, 7) is 2.15. The van der Waals surface area contributed by atoms with Gasteiger partial charge in [0.25, 0.3) is 0 Å². The molecule has 2 aromatic carbocycles. The number of benzene rings is 2. The Bertz CT molecular complexity index is 529. The van der Waals surface area contributed by atoms with Crippen LogP contribution in [0.1, 0.15) is 24.0 Å². The highest BCUT2D eigenvalue weighted by atomic mass is 79.9. The molecule has 0 nitrogen and oxygen atoms in total. The molecule has 2 rings (SSSR count). The van der Waals surface area contributed by atoms with Crippen molar-refractivity contribution < 1.29 is 0 Å². The third kappa shape index (κ3) is 3.47. The third-order valence-corrected chi connectivity index (χ3v) is 3.71. The smallest absolute Gasteiger partial charge is 0.0444 e. The number of halogens is 2. The van der Waals surface area contributed by atoms with Crippen molar-refractivity contribution in [1.82, 2.24) is 0 Å². The molecule has 0 fully saturated rings. The molecule has 0 radical (unpaired) electrons. The van der Waals surface area contributed by atoms with Gasteiger partial charge in [0.2, 0.25) is 0 Å². The van der Waals surface area contributed by atoms with Crippen LogP contribution in [0.3, 0.4) is 0 Å². The molecule has 0 aliphatic carbocycles. The molecule has 2 aromatic rings. The summed E-state index contributed by atoms with van der Waals surface area (Å²) in [5.74, 6) is 0.297. The van der Waals surface area contributed by atoms with Gasteiger partial charge in [0.05, 0.1) is 0 Å². The summed E-state index contributed by atoms with van der Waals surface area (Å²) in [5.41, 5.74) is 2.32. The van der Waals surface area contributed by atoms with E-state index >= 15 is 0 Å². The summed E-state index contributed by atoms with van der Waals surface area (Å²) in [4.78, 5) is 0. The van der Waals surface area contributed by atoms with Crippen molar-refractivity contribution in [2.75, 3.05) is 0 Å². The van der Waals surface area contributed by atoms with E-state index in [-0.39, 0.29) is 0 Å². The van der Waals surface area contributed by atoms with Gasteiger partial charge in [-0.15, -0.1) is 0 Å². The fraction of sp³-hybridized carbons (Fsp3) is 0.125. The Balaban J connectivity index is 2.20. The van der Waals surface area contributed by atoms with Crippen molar-refractivity contribution in [1.29, 1.82) is 0 Å². The van der Waals surface area contributed by atoms with Gasteiger partial charge in [-0.05, 0) is 23.3 Å². The van der Waals surface area contributed by atoms with Crippen molar-refractivity contribution in [2.24, 2.45) is 0 Å². The third-order valence-electron chi connectivity index (χ3n) is 2.84. The Morgan fingerprint density at radius 1 is 1.06 bits per heavy atom. The van der Waals surface area contributed by atoms with Crippen molar-refractivity contribution in [2.45, 2.75) is 12.8 Å². The number of allylic oxidation sites excluding steroid dienone is 1. The molecule has 18 heavy (non-hydrogen) atoms. The van der Waals surface area contributed by atoms with Crippen LogP contribution in [0.5, 0.6) is 0 Å². The van der Waals surface area contributed by atoms with Crippen molar-refractivity contribution in [3.8, 4) is 0 Å². The van der Waals surface area contributed by atoms with Crippen LogP contribution in [0.4, 0.5) is 0 Å². The van der Waals surface area contributed by atoms with E-state index < -0.39 is 0 Å². The molecule has 0 saturated heterocycles. The maximum Gasteiger partial charge on any atom is 0.0444 e. The topological polar surface area (TPSA) is 0 Å². The molecule has 0 heterocycles. The second-order valence-corrected chi connectivity index (χ2v) is 5.54. The molecule has 92 valence electrons. The molecule has 0 bridgehead atoms. The lowest BCUT2D eigenvalue weighted by molar-refractivity contribution is 0.971. The van der Waals surface area contributed by atoms with Crippen molar-refractivity contribution >= 4 is 32.6 Å². The Morgan fingerprint density at radius 3 is 2.28 bits per heavy atom. The monoisotopic (exact) mass is 320 g/mol. The van der Waals surface area contributed by atoms with E-state index in [1.807, 2.05) is 30.3 Å². The zero-order valence-corrected chi connectivity index (χ0v) is 12.4. The average Bonchev–Trinajstić information content (AvgIpc) is 2.40. The average molecular weight is 322 g/mol. The highest BCUT2D eigenvalue weighted by molar-refractivity contribution is 9.10. The first-order valence-corrected chi connectivity index (χ1v) is 7.02. The van der Waals surface area contributed by atoms with E-state index in [1.165, 1.54) is 5.56 Å². The molecule has 0 aliphatic heterocycles. The molecule has 0 spiro atoms. The van der Waals surface area contributed by atoms with E-state index in [2.05, 4.69) is 53.2 Å². The van der Waals surface area contributed by atoms with Gasteiger partial charge in [-0.3, -0.25) is 0 Å². The summed E-state index contributed by atoms with van der Waals surface area (Å²) in [7, 11) is 0. The van der Waals surface area contributed by atoms with Gasteiger partial charge in [0.15, 0.2) is 0 Å². The van der Waals surface area contributed by atoms with Crippen LogP contribution < -0.4 is 0 Å². The lowest BCUT2D eigenvalue weighted by atomic mass is 10.00. The second-order valence-electron chi connectivity index (χ2n) is 4.22. The SMILES string of the molecule is CC(C=C(Cl)c1ccccc1)c1ccc(Br)cc1. The molecule has 0 saturated carbocycles. The number of hydrogen-bond acceptors (Lipinski definition) is 0. The Labute approximate surface area is 121 Å². The van der Waals surface area contributed by atoms with Crippen LogP contribution in [0.15, 0.2) is 65.1 Å². The van der Waals surface area contributed by atoms with E-state index in [1.54, 1.807) is 0 Å². The van der Waals surface area contributed by atoms with Crippen LogP contribution in [0.25, 0.3) is 5.03 Å². The van der Waals surface area contributed by atoms with Gasteiger partial charge in [-0.25, -0.2) is 0 Å². The first-order chi connectivity index (χ1) is 8.66. The molecule has 0 N–H and O–H groups in total.